The van der Waals surface area contributed by atoms with Gasteiger partial charge in [0.2, 0.25) is 0 Å². The van der Waals surface area contributed by atoms with E-state index in [0.717, 1.165) is 23.1 Å². The second-order valence-electron chi connectivity index (χ2n) is 5.79. The van der Waals surface area contributed by atoms with Crippen LogP contribution in [0.5, 0.6) is 0 Å². The summed E-state index contributed by atoms with van der Waals surface area (Å²) in [5.74, 6) is 0. The molecule has 2 aromatic heterocycles. The fourth-order valence-corrected chi connectivity index (χ4v) is 3.53. The molecule has 2 atom stereocenters. The van der Waals surface area contributed by atoms with Crippen LogP contribution in [0.2, 0.25) is 0 Å². The van der Waals surface area contributed by atoms with Crippen molar-refractivity contribution >= 4 is 21.6 Å². The first kappa shape index (κ1) is 16.1. The minimum atomic E-state index is -0.0741. The molecule has 2 heterocycles. The van der Waals surface area contributed by atoms with E-state index in [9.17, 15) is 5.11 Å². The number of fused-ring (bicyclic) bond motifs is 1. The lowest BCUT2D eigenvalue weighted by atomic mass is 10.0. The van der Waals surface area contributed by atoms with E-state index in [1.165, 1.54) is 10.3 Å². The molecule has 0 saturated carbocycles. The SMILES string of the molecule is CCc1ccc(C(CO)NC(C)c2cnc3ccsc3c2)cc1. The number of nitrogens with one attached hydrogen (secondary N) is 1. The lowest BCUT2D eigenvalue weighted by Crippen LogP contribution is -2.27. The highest BCUT2D eigenvalue weighted by Gasteiger charge is 2.15. The molecule has 3 aromatic rings. The van der Waals surface area contributed by atoms with Crippen LogP contribution >= 0.6 is 11.3 Å². The van der Waals surface area contributed by atoms with Crippen LogP contribution in [0.15, 0.2) is 48.0 Å². The molecule has 1 aromatic carbocycles. The van der Waals surface area contributed by atoms with Crippen LogP contribution in [0.4, 0.5) is 0 Å². The molecular formula is C19H22N2OS. The molecule has 3 rings (SSSR count). The minimum absolute atomic E-state index is 0.0739. The van der Waals surface area contributed by atoms with Crippen molar-refractivity contribution in [1.82, 2.24) is 10.3 Å². The molecule has 0 aliphatic rings. The summed E-state index contributed by atoms with van der Waals surface area (Å²) in [6.07, 6.45) is 2.95. The van der Waals surface area contributed by atoms with E-state index in [-0.39, 0.29) is 18.7 Å². The Balaban J connectivity index is 1.76. The Bertz CT molecular complexity index is 766. The number of thiophene rings is 1. The van der Waals surface area contributed by atoms with Gasteiger partial charge in [0, 0.05) is 12.2 Å². The van der Waals surface area contributed by atoms with Gasteiger partial charge in [-0.2, -0.15) is 0 Å². The Morgan fingerprint density at radius 3 is 2.65 bits per heavy atom. The maximum absolute atomic E-state index is 9.76. The second kappa shape index (κ2) is 7.21. The number of pyridine rings is 1. The van der Waals surface area contributed by atoms with Crippen LogP contribution in [0, 0.1) is 0 Å². The van der Waals surface area contributed by atoms with Gasteiger partial charge in [0.15, 0.2) is 0 Å². The molecule has 23 heavy (non-hydrogen) atoms. The molecule has 0 saturated heterocycles. The Morgan fingerprint density at radius 2 is 1.96 bits per heavy atom. The van der Waals surface area contributed by atoms with Crippen LogP contribution in [-0.2, 0) is 6.42 Å². The molecule has 2 N–H and O–H groups in total. The number of aliphatic hydroxyl groups is 1. The number of hydrogen-bond donors (Lipinski definition) is 2. The van der Waals surface area contributed by atoms with Gasteiger partial charge in [-0.15, -0.1) is 11.3 Å². The van der Waals surface area contributed by atoms with Gasteiger partial charge in [-0.25, -0.2) is 0 Å². The third-order valence-corrected chi connectivity index (χ3v) is 5.10. The van der Waals surface area contributed by atoms with E-state index in [1.54, 1.807) is 11.3 Å². The Kier molecular flexibility index (Phi) is 5.06. The summed E-state index contributed by atoms with van der Waals surface area (Å²) in [7, 11) is 0. The van der Waals surface area contributed by atoms with Crippen molar-refractivity contribution in [2.24, 2.45) is 0 Å². The van der Waals surface area contributed by atoms with Gasteiger partial charge in [0.05, 0.1) is 22.9 Å². The lowest BCUT2D eigenvalue weighted by Gasteiger charge is -2.22. The summed E-state index contributed by atoms with van der Waals surface area (Å²) in [6.45, 7) is 4.33. The summed E-state index contributed by atoms with van der Waals surface area (Å²) in [6, 6.07) is 12.7. The zero-order valence-electron chi connectivity index (χ0n) is 13.5. The van der Waals surface area contributed by atoms with E-state index >= 15 is 0 Å². The monoisotopic (exact) mass is 326 g/mol. The first-order valence-corrected chi connectivity index (χ1v) is 8.88. The van der Waals surface area contributed by atoms with Crippen molar-refractivity contribution < 1.29 is 5.11 Å². The molecule has 0 amide bonds. The number of benzene rings is 1. The highest BCUT2D eigenvalue weighted by Crippen LogP contribution is 2.24. The van der Waals surface area contributed by atoms with Crippen molar-refractivity contribution in [3.63, 3.8) is 0 Å². The van der Waals surface area contributed by atoms with Gasteiger partial charge in [-0.1, -0.05) is 31.2 Å². The number of hydrogen-bond acceptors (Lipinski definition) is 4. The zero-order chi connectivity index (χ0) is 16.2. The average Bonchev–Trinajstić information content (AvgIpc) is 3.07. The molecule has 2 unspecified atom stereocenters. The largest absolute Gasteiger partial charge is 0.394 e. The number of aryl methyl sites for hydroxylation is 1. The number of rotatable bonds is 6. The number of nitrogens with zero attached hydrogens (tertiary/aromatic N) is 1. The second-order valence-corrected chi connectivity index (χ2v) is 6.74. The Hall–Kier alpha value is -1.75. The fourth-order valence-electron chi connectivity index (χ4n) is 2.74. The van der Waals surface area contributed by atoms with Crippen LogP contribution in [0.1, 0.15) is 42.6 Å². The predicted molar refractivity (Wildman–Crippen MR) is 96.8 cm³/mol. The van der Waals surface area contributed by atoms with Crippen LogP contribution < -0.4 is 5.32 Å². The van der Waals surface area contributed by atoms with Crippen molar-refractivity contribution in [1.29, 1.82) is 0 Å². The van der Waals surface area contributed by atoms with Gasteiger partial charge >= 0.3 is 0 Å². The molecule has 3 nitrogen and oxygen atoms in total. The molecule has 4 heteroatoms. The normalized spacial score (nSPS) is 14.0. The lowest BCUT2D eigenvalue weighted by molar-refractivity contribution is 0.235. The zero-order valence-corrected chi connectivity index (χ0v) is 14.3. The number of aliphatic hydroxyl groups excluding tert-OH is 1. The van der Waals surface area contributed by atoms with Crippen LogP contribution in [0.3, 0.4) is 0 Å². The van der Waals surface area contributed by atoms with Crippen molar-refractivity contribution in [3.05, 3.63) is 64.7 Å². The third-order valence-electron chi connectivity index (χ3n) is 4.25. The molecule has 0 aliphatic heterocycles. The van der Waals surface area contributed by atoms with E-state index in [1.807, 2.05) is 12.3 Å². The minimum Gasteiger partial charge on any atom is -0.394 e. The Labute approximate surface area is 141 Å². The maximum atomic E-state index is 9.76. The smallest absolute Gasteiger partial charge is 0.0809 e. The third kappa shape index (κ3) is 3.61. The summed E-state index contributed by atoms with van der Waals surface area (Å²) in [5, 5.41) is 15.3. The molecule has 0 radical (unpaired) electrons. The fraction of sp³-hybridized carbons (Fsp3) is 0.316. The van der Waals surface area contributed by atoms with Crippen LogP contribution in [-0.4, -0.2) is 16.7 Å². The standard InChI is InChI=1S/C19H22N2OS/c1-3-14-4-6-15(7-5-14)18(12-22)21-13(2)16-10-19-17(20-11-16)8-9-23-19/h4-11,13,18,21-22H,3,12H2,1-2H3. The summed E-state index contributed by atoms with van der Waals surface area (Å²) in [5.41, 5.74) is 4.61. The average molecular weight is 326 g/mol. The summed E-state index contributed by atoms with van der Waals surface area (Å²) < 4.78 is 1.20. The molecule has 0 spiro atoms. The van der Waals surface area contributed by atoms with Gasteiger partial charge in [0.25, 0.3) is 0 Å². The summed E-state index contributed by atoms with van der Waals surface area (Å²) >= 11 is 1.70. The highest BCUT2D eigenvalue weighted by molar-refractivity contribution is 7.17. The molecular weight excluding hydrogens is 304 g/mol. The van der Waals surface area contributed by atoms with Gasteiger partial charge in [0.1, 0.15) is 0 Å². The number of aromatic nitrogens is 1. The molecule has 0 bridgehead atoms. The molecule has 0 fully saturated rings. The van der Waals surface area contributed by atoms with Crippen LogP contribution in [0.25, 0.3) is 10.2 Å². The maximum Gasteiger partial charge on any atom is 0.0809 e. The highest BCUT2D eigenvalue weighted by atomic mass is 32.1. The topological polar surface area (TPSA) is 45.1 Å². The van der Waals surface area contributed by atoms with E-state index in [4.69, 9.17) is 0 Å². The van der Waals surface area contributed by atoms with Gasteiger partial charge in [-0.05, 0) is 47.5 Å². The molecule has 120 valence electrons. The van der Waals surface area contributed by atoms with Crippen molar-refractivity contribution in [3.8, 4) is 0 Å². The first-order valence-electron chi connectivity index (χ1n) is 8.00. The van der Waals surface area contributed by atoms with E-state index in [2.05, 4.69) is 59.9 Å². The van der Waals surface area contributed by atoms with Crippen molar-refractivity contribution in [2.45, 2.75) is 32.4 Å². The molecule has 0 aliphatic carbocycles. The van der Waals surface area contributed by atoms with Crippen molar-refractivity contribution in [2.75, 3.05) is 6.61 Å². The summed E-state index contributed by atoms with van der Waals surface area (Å²) in [4.78, 5) is 4.50. The quantitative estimate of drug-likeness (QED) is 0.712. The van der Waals surface area contributed by atoms with Gasteiger partial charge < -0.3 is 10.4 Å². The van der Waals surface area contributed by atoms with E-state index < -0.39 is 0 Å². The Morgan fingerprint density at radius 1 is 1.17 bits per heavy atom. The van der Waals surface area contributed by atoms with E-state index in [0.29, 0.717) is 0 Å². The first-order chi connectivity index (χ1) is 11.2. The predicted octanol–water partition coefficient (Wildman–Crippen LogP) is 4.24. The van der Waals surface area contributed by atoms with Gasteiger partial charge in [-0.3, -0.25) is 4.98 Å².